The second-order valence-corrected chi connectivity index (χ2v) is 6.99. The molecule has 4 rings (SSSR count). The average Bonchev–Trinajstić information content (AvgIpc) is 2.62. The third kappa shape index (κ3) is 3.43. The van der Waals surface area contributed by atoms with Crippen LogP contribution < -0.4 is 10.2 Å². The van der Waals surface area contributed by atoms with Crippen molar-refractivity contribution in [1.29, 1.82) is 0 Å². The highest BCUT2D eigenvalue weighted by atomic mass is 15.2. The number of fused-ring (bicyclic) bond motifs is 1. The zero-order valence-corrected chi connectivity index (χ0v) is 14.9. The van der Waals surface area contributed by atoms with Crippen molar-refractivity contribution in [2.45, 2.75) is 32.7 Å². The first kappa shape index (κ1) is 15.9. The van der Waals surface area contributed by atoms with E-state index >= 15 is 0 Å². The molecule has 0 unspecified atom stereocenters. The Morgan fingerprint density at radius 2 is 1.76 bits per heavy atom. The number of aromatic nitrogens is 2. The van der Waals surface area contributed by atoms with Gasteiger partial charge in [0.2, 0.25) is 0 Å². The molecule has 1 fully saturated rings. The lowest BCUT2D eigenvalue weighted by Gasteiger charge is -2.34. The van der Waals surface area contributed by atoms with Crippen LogP contribution in [0.15, 0.2) is 48.8 Å². The Morgan fingerprint density at radius 3 is 2.56 bits per heavy atom. The number of aryl methyl sites for hydroxylation is 2. The Kier molecular flexibility index (Phi) is 4.26. The third-order valence-corrected chi connectivity index (χ3v) is 4.95. The molecule has 128 valence electrons. The van der Waals surface area contributed by atoms with E-state index in [9.17, 15) is 0 Å². The van der Waals surface area contributed by atoms with E-state index in [1.807, 2.05) is 0 Å². The normalized spacial score (nSPS) is 15.5. The Balaban J connectivity index is 1.48. The SMILES string of the molecule is Cc1cccc(NC2CCN(c3ncnc4ccc(C)cc34)CC2)c1. The molecule has 25 heavy (non-hydrogen) atoms. The van der Waals surface area contributed by atoms with E-state index in [0.29, 0.717) is 6.04 Å². The van der Waals surface area contributed by atoms with Gasteiger partial charge in [0.25, 0.3) is 0 Å². The molecule has 1 aliphatic heterocycles. The minimum Gasteiger partial charge on any atom is -0.382 e. The van der Waals surface area contributed by atoms with Crippen LogP contribution in [0.1, 0.15) is 24.0 Å². The maximum absolute atomic E-state index is 4.59. The predicted octanol–water partition coefficient (Wildman–Crippen LogP) is 4.33. The summed E-state index contributed by atoms with van der Waals surface area (Å²) >= 11 is 0. The maximum atomic E-state index is 4.59. The average molecular weight is 332 g/mol. The first-order valence-electron chi connectivity index (χ1n) is 8.98. The molecule has 3 aromatic rings. The predicted molar refractivity (Wildman–Crippen MR) is 104 cm³/mol. The summed E-state index contributed by atoms with van der Waals surface area (Å²) in [7, 11) is 0. The van der Waals surface area contributed by atoms with Crippen LogP contribution in [0, 0.1) is 13.8 Å². The highest BCUT2D eigenvalue weighted by molar-refractivity contribution is 5.89. The second kappa shape index (κ2) is 6.71. The van der Waals surface area contributed by atoms with E-state index in [2.05, 4.69) is 76.5 Å². The number of rotatable bonds is 3. The molecule has 0 amide bonds. The Bertz CT molecular complexity index is 882. The second-order valence-electron chi connectivity index (χ2n) is 6.99. The first-order valence-corrected chi connectivity index (χ1v) is 8.98. The zero-order chi connectivity index (χ0) is 17.2. The van der Waals surface area contributed by atoms with Gasteiger partial charge in [0.05, 0.1) is 5.52 Å². The number of benzene rings is 2. The fraction of sp³-hybridized carbons (Fsp3) is 0.333. The van der Waals surface area contributed by atoms with E-state index in [0.717, 1.165) is 42.7 Å². The van der Waals surface area contributed by atoms with Crippen LogP contribution in [-0.4, -0.2) is 29.1 Å². The van der Waals surface area contributed by atoms with Gasteiger partial charge in [-0.2, -0.15) is 0 Å². The number of hydrogen-bond donors (Lipinski definition) is 1. The largest absolute Gasteiger partial charge is 0.382 e. The van der Waals surface area contributed by atoms with Gasteiger partial charge in [0.1, 0.15) is 12.1 Å². The van der Waals surface area contributed by atoms with Gasteiger partial charge >= 0.3 is 0 Å². The van der Waals surface area contributed by atoms with Crippen LogP contribution in [0.5, 0.6) is 0 Å². The van der Waals surface area contributed by atoms with Gasteiger partial charge < -0.3 is 10.2 Å². The summed E-state index contributed by atoms with van der Waals surface area (Å²) in [5, 5.41) is 4.84. The summed E-state index contributed by atoms with van der Waals surface area (Å²) in [6, 6.07) is 15.5. The van der Waals surface area contributed by atoms with Gasteiger partial charge in [-0.05, 0) is 56.5 Å². The molecular formula is C21H24N4. The highest BCUT2D eigenvalue weighted by Crippen LogP contribution is 2.27. The lowest BCUT2D eigenvalue weighted by molar-refractivity contribution is 0.524. The van der Waals surface area contributed by atoms with E-state index in [1.165, 1.54) is 16.8 Å². The number of nitrogens with zero attached hydrogens (tertiary/aromatic N) is 3. The standard InChI is InChI=1S/C21H24N4/c1-15-4-3-5-18(12-15)24-17-8-10-25(11-9-17)21-19-13-16(2)6-7-20(19)22-14-23-21/h3-7,12-14,17,24H,8-11H2,1-2H3. The summed E-state index contributed by atoms with van der Waals surface area (Å²) in [6.45, 7) is 6.29. The number of piperidine rings is 1. The number of anilines is 2. The fourth-order valence-electron chi connectivity index (χ4n) is 3.62. The van der Waals surface area contributed by atoms with Crippen LogP contribution in [0.25, 0.3) is 10.9 Å². The van der Waals surface area contributed by atoms with Gasteiger partial charge in [0, 0.05) is 30.2 Å². The van der Waals surface area contributed by atoms with Crippen LogP contribution in [0.2, 0.25) is 0 Å². The van der Waals surface area contributed by atoms with Crippen molar-refractivity contribution < 1.29 is 0 Å². The van der Waals surface area contributed by atoms with E-state index in [4.69, 9.17) is 0 Å². The molecule has 0 atom stereocenters. The molecule has 4 heteroatoms. The van der Waals surface area contributed by atoms with Gasteiger partial charge in [-0.15, -0.1) is 0 Å². The van der Waals surface area contributed by atoms with Crippen molar-refractivity contribution >= 4 is 22.4 Å². The molecule has 1 N–H and O–H groups in total. The van der Waals surface area contributed by atoms with Crippen LogP contribution in [0.3, 0.4) is 0 Å². The Hall–Kier alpha value is -2.62. The molecule has 0 aliphatic carbocycles. The van der Waals surface area contributed by atoms with Crippen molar-refractivity contribution in [2.24, 2.45) is 0 Å². The van der Waals surface area contributed by atoms with Crippen molar-refractivity contribution in [3.05, 3.63) is 59.9 Å². The molecule has 0 spiro atoms. The van der Waals surface area contributed by atoms with Crippen LogP contribution in [-0.2, 0) is 0 Å². The molecule has 0 saturated carbocycles. The summed E-state index contributed by atoms with van der Waals surface area (Å²) < 4.78 is 0. The number of hydrogen-bond acceptors (Lipinski definition) is 4. The minimum atomic E-state index is 0.521. The summed E-state index contributed by atoms with van der Waals surface area (Å²) in [5.41, 5.74) is 4.79. The molecule has 0 radical (unpaired) electrons. The van der Waals surface area contributed by atoms with Gasteiger partial charge in [-0.25, -0.2) is 9.97 Å². The molecular weight excluding hydrogens is 308 g/mol. The monoisotopic (exact) mass is 332 g/mol. The van der Waals surface area contributed by atoms with E-state index in [1.54, 1.807) is 6.33 Å². The summed E-state index contributed by atoms with van der Waals surface area (Å²) in [4.78, 5) is 11.4. The molecule has 4 nitrogen and oxygen atoms in total. The summed E-state index contributed by atoms with van der Waals surface area (Å²) in [6.07, 6.45) is 3.92. The first-order chi connectivity index (χ1) is 12.2. The Morgan fingerprint density at radius 1 is 0.960 bits per heavy atom. The molecule has 2 aromatic carbocycles. The molecule has 1 saturated heterocycles. The highest BCUT2D eigenvalue weighted by Gasteiger charge is 2.21. The molecule has 1 aromatic heterocycles. The van der Waals surface area contributed by atoms with Crippen LogP contribution >= 0.6 is 0 Å². The number of nitrogens with one attached hydrogen (secondary N) is 1. The topological polar surface area (TPSA) is 41.0 Å². The van der Waals surface area contributed by atoms with Gasteiger partial charge in [0.15, 0.2) is 0 Å². The van der Waals surface area contributed by atoms with Gasteiger partial charge in [-0.3, -0.25) is 0 Å². The Labute approximate surface area is 148 Å². The van der Waals surface area contributed by atoms with E-state index < -0.39 is 0 Å². The zero-order valence-electron chi connectivity index (χ0n) is 14.9. The van der Waals surface area contributed by atoms with Crippen molar-refractivity contribution in [2.75, 3.05) is 23.3 Å². The summed E-state index contributed by atoms with van der Waals surface area (Å²) in [5.74, 6) is 1.07. The van der Waals surface area contributed by atoms with Crippen molar-refractivity contribution in [3.63, 3.8) is 0 Å². The third-order valence-electron chi connectivity index (χ3n) is 4.95. The quantitative estimate of drug-likeness (QED) is 0.775. The lowest BCUT2D eigenvalue weighted by Crippen LogP contribution is -2.39. The smallest absolute Gasteiger partial charge is 0.139 e. The minimum absolute atomic E-state index is 0.521. The maximum Gasteiger partial charge on any atom is 0.139 e. The van der Waals surface area contributed by atoms with Crippen molar-refractivity contribution in [3.8, 4) is 0 Å². The molecule has 2 heterocycles. The molecule has 0 bridgehead atoms. The van der Waals surface area contributed by atoms with E-state index in [-0.39, 0.29) is 0 Å². The molecule has 1 aliphatic rings. The lowest BCUT2D eigenvalue weighted by atomic mass is 10.0. The van der Waals surface area contributed by atoms with Crippen LogP contribution in [0.4, 0.5) is 11.5 Å². The fourth-order valence-corrected chi connectivity index (χ4v) is 3.62. The van der Waals surface area contributed by atoms with Gasteiger partial charge in [-0.1, -0.05) is 23.8 Å². The van der Waals surface area contributed by atoms with Crippen molar-refractivity contribution in [1.82, 2.24) is 9.97 Å².